The van der Waals surface area contributed by atoms with Gasteiger partial charge < -0.3 is 10.1 Å². The van der Waals surface area contributed by atoms with Crippen LogP contribution in [-0.4, -0.2) is 39.4 Å². The number of amides is 1. The van der Waals surface area contributed by atoms with E-state index in [9.17, 15) is 14.0 Å². The molecule has 11 heteroatoms. The van der Waals surface area contributed by atoms with Crippen LogP contribution in [0.4, 0.5) is 4.39 Å². The van der Waals surface area contributed by atoms with E-state index in [2.05, 4.69) is 20.5 Å². The molecule has 0 aliphatic carbocycles. The van der Waals surface area contributed by atoms with Crippen molar-refractivity contribution in [3.63, 3.8) is 0 Å². The van der Waals surface area contributed by atoms with Crippen LogP contribution in [0.2, 0.25) is 0 Å². The highest BCUT2D eigenvalue weighted by atomic mass is 32.2. The van der Waals surface area contributed by atoms with Crippen LogP contribution in [0.15, 0.2) is 58.5 Å². The van der Waals surface area contributed by atoms with Gasteiger partial charge in [-0.25, -0.2) is 9.37 Å². The van der Waals surface area contributed by atoms with Gasteiger partial charge in [0.25, 0.3) is 11.5 Å². The lowest BCUT2D eigenvalue weighted by Gasteiger charge is -2.18. The van der Waals surface area contributed by atoms with Crippen molar-refractivity contribution in [3.8, 4) is 0 Å². The molecule has 0 spiro atoms. The minimum absolute atomic E-state index is 0.129. The van der Waals surface area contributed by atoms with Crippen LogP contribution in [0, 0.1) is 5.82 Å². The molecule has 0 fully saturated rings. The Bertz CT molecular complexity index is 1360. The summed E-state index contributed by atoms with van der Waals surface area (Å²) < 4.78 is 19.9. The van der Waals surface area contributed by atoms with Gasteiger partial charge in [0.2, 0.25) is 5.01 Å². The maximum atomic E-state index is 13.1. The molecule has 2 aromatic heterocycles. The Kier molecular flexibility index (Phi) is 7.66. The summed E-state index contributed by atoms with van der Waals surface area (Å²) in [5.41, 5.74) is 1.27. The van der Waals surface area contributed by atoms with Gasteiger partial charge in [-0.2, -0.15) is 0 Å². The van der Waals surface area contributed by atoms with E-state index in [1.165, 1.54) is 35.2 Å². The van der Waals surface area contributed by atoms with E-state index in [0.717, 1.165) is 5.56 Å². The number of aromatic nitrogens is 4. The van der Waals surface area contributed by atoms with Crippen LogP contribution in [-0.2, 0) is 17.0 Å². The molecule has 2 heterocycles. The van der Waals surface area contributed by atoms with Crippen LogP contribution in [0.5, 0.6) is 0 Å². The van der Waals surface area contributed by atoms with E-state index in [1.54, 1.807) is 35.9 Å². The first-order chi connectivity index (χ1) is 16.5. The molecule has 4 rings (SSSR count). The summed E-state index contributed by atoms with van der Waals surface area (Å²) in [6.07, 6.45) is 0. The number of thioether (sulfide) groups is 1. The highest BCUT2D eigenvalue weighted by Gasteiger charge is 2.18. The molecule has 0 aliphatic rings. The van der Waals surface area contributed by atoms with Crippen molar-refractivity contribution in [1.82, 2.24) is 25.1 Å². The van der Waals surface area contributed by atoms with Crippen molar-refractivity contribution < 1.29 is 13.9 Å². The van der Waals surface area contributed by atoms with E-state index in [4.69, 9.17) is 4.74 Å². The van der Waals surface area contributed by atoms with Gasteiger partial charge in [-0.1, -0.05) is 47.4 Å². The zero-order chi connectivity index (χ0) is 24.1. The summed E-state index contributed by atoms with van der Waals surface area (Å²) in [5, 5.41) is 12.8. The van der Waals surface area contributed by atoms with Gasteiger partial charge in [-0.15, -0.1) is 10.2 Å². The normalized spacial score (nSPS) is 12.1. The number of para-hydroxylation sites is 1. The number of halogens is 1. The summed E-state index contributed by atoms with van der Waals surface area (Å²) >= 11 is 2.53. The first kappa shape index (κ1) is 24.0. The number of carbonyl (C=O) groups excluding carboxylic acids is 1. The summed E-state index contributed by atoms with van der Waals surface area (Å²) in [6.45, 7) is 2.53. The third kappa shape index (κ3) is 5.49. The fourth-order valence-electron chi connectivity index (χ4n) is 3.32. The van der Waals surface area contributed by atoms with Crippen LogP contribution in [0.3, 0.4) is 0 Å². The molecule has 0 radical (unpaired) electrons. The standard InChI is InChI=1S/C23H22FN5O3S2/c1-14(12-32-2)29-22(31)17-5-3-4-6-18(17)26-23(29)33-13-19-27-28-21(34-19)20(30)25-11-15-7-9-16(24)10-8-15/h3-10,14H,11-13H2,1-2H3,(H,25,30). The van der Waals surface area contributed by atoms with Crippen LogP contribution in [0.1, 0.15) is 33.3 Å². The van der Waals surface area contributed by atoms with E-state index in [1.807, 2.05) is 19.1 Å². The Balaban J connectivity index is 1.48. The predicted octanol–water partition coefficient (Wildman–Crippen LogP) is 3.82. The molecule has 176 valence electrons. The highest BCUT2D eigenvalue weighted by Crippen LogP contribution is 2.26. The number of benzene rings is 2. The molecular formula is C23H22FN5O3S2. The van der Waals surface area contributed by atoms with Gasteiger partial charge in [0.05, 0.1) is 29.3 Å². The lowest BCUT2D eigenvalue weighted by atomic mass is 10.2. The number of nitrogens with zero attached hydrogens (tertiary/aromatic N) is 4. The lowest BCUT2D eigenvalue weighted by Crippen LogP contribution is -2.28. The van der Waals surface area contributed by atoms with Crippen LogP contribution in [0.25, 0.3) is 10.9 Å². The van der Waals surface area contributed by atoms with Crippen molar-refractivity contribution in [2.45, 2.75) is 30.4 Å². The molecule has 0 saturated heterocycles. The van der Waals surface area contributed by atoms with E-state index in [0.29, 0.717) is 33.4 Å². The molecule has 1 amide bonds. The number of hydrogen-bond donors (Lipinski definition) is 1. The van der Waals surface area contributed by atoms with Gasteiger partial charge >= 0.3 is 0 Å². The van der Waals surface area contributed by atoms with Crippen molar-refractivity contribution in [1.29, 1.82) is 0 Å². The number of rotatable bonds is 9. The Morgan fingerprint density at radius 3 is 2.74 bits per heavy atom. The fourth-order valence-corrected chi connectivity index (χ4v) is 5.16. The van der Waals surface area contributed by atoms with E-state index < -0.39 is 0 Å². The molecule has 1 N–H and O–H groups in total. The summed E-state index contributed by atoms with van der Waals surface area (Å²) in [7, 11) is 1.59. The van der Waals surface area contributed by atoms with Gasteiger partial charge in [-0.05, 0) is 36.8 Å². The average Bonchev–Trinajstić information content (AvgIpc) is 3.31. The Labute approximate surface area is 203 Å². The number of ether oxygens (including phenoxy) is 1. The largest absolute Gasteiger partial charge is 0.383 e. The molecule has 2 aromatic carbocycles. The molecular weight excluding hydrogens is 477 g/mol. The number of fused-ring (bicyclic) bond motifs is 1. The second-order valence-corrected chi connectivity index (χ2v) is 9.49. The first-order valence-electron chi connectivity index (χ1n) is 10.4. The first-order valence-corrected chi connectivity index (χ1v) is 12.2. The van der Waals surface area contributed by atoms with E-state index >= 15 is 0 Å². The van der Waals surface area contributed by atoms with Gasteiger partial charge in [0.15, 0.2) is 5.16 Å². The van der Waals surface area contributed by atoms with Crippen LogP contribution < -0.4 is 10.9 Å². The molecule has 1 atom stereocenters. The van der Waals surface area contributed by atoms with Crippen LogP contribution >= 0.6 is 23.1 Å². The highest BCUT2D eigenvalue weighted by molar-refractivity contribution is 7.98. The molecule has 0 saturated carbocycles. The quantitative estimate of drug-likeness (QED) is 0.276. The Morgan fingerprint density at radius 1 is 1.21 bits per heavy atom. The number of carbonyl (C=O) groups is 1. The number of hydrogen-bond acceptors (Lipinski definition) is 8. The maximum absolute atomic E-state index is 13.1. The molecule has 1 unspecified atom stereocenters. The summed E-state index contributed by atoms with van der Waals surface area (Å²) in [6, 6.07) is 12.9. The van der Waals surface area contributed by atoms with Gasteiger partial charge in [-0.3, -0.25) is 14.2 Å². The second kappa shape index (κ2) is 10.9. The van der Waals surface area contributed by atoms with E-state index in [-0.39, 0.29) is 34.9 Å². The smallest absolute Gasteiger partial charge is 0.282 e. The SMILES string of the molecule is COCC(C)n1c(SCc2nnc(C(=O)NCc3ccc(F)cc3)s2)nc2ccccc2c1=O. The predicted molar refractivity (Wildman–Crippen MR) is 130 cm³/mol. The molecule has 4 aromatic rings. The van der Waals surface area contributed by atoms with Crippen molar-refractivity contribution in [2.24, 2.45) is 0 Å². The minimum Gasteiger partial charge on any atom is -0.383 e. The maximum Gasteiger partial charge on any atom is 0.282 e. The molecule has 8 nitrogen and oxygen atoms in total. The molecule has 34 heavy (non-hydrogen) atoms. The third-order valence-electron chi connectivity index (χ3n) is 4.98. The monoisotopic (exact) mass is 499 g/mol. The number of methoxy groups -OCH3 is 1. The van der Waals surface area contributed by atoms with Crippen molar-refractivity contribution in [2.75, 3.05) is 13.7 Å². The Morgan fingerprint density at radius 2 is 1.97 bits per heavy atom. The minimum atomic E-state index is -0.354. The van der Waals surface area contributed by atoms with Gasteiger partial charge in [0, 0.05) is 13.7 Å². The Hall–Kier alpha value is -3.15. The zero-order valence-corrected chi connectivity index (χ0v) is 20.2. The average molecular weight is 500 g/mol. The zero-order valence-electron chi connectivity index (χ0n) is 18.5. The summed E-state index contributed by atoms with van der Waals surface area (Å²) in [5.74, 6) is -0.287. The lowest BCUT2D eigenvalue weighted by molar-refractivity contribution is 0.0950. The second-order valence-electron chi connectivity index (χ2n) is 7.49. The number of nitrogens with one attached hydrogen (secondary N) is 1. The molecule has 0 bridgehead atoms. The third-order valence-corrected chi connectivity index (χ3v) is 7.04. The van der Waals surface area contributed by atoms with Crippen molar-refractivity contribution in [3.05, 3.63) is 80.3 Å². The van der Waals surface area contributed by atoms with Gasteiger partial charge in [0.1, 0.15) is 10.8 Å². The molecule has 0 aliphatic heterocycles. The fraction of sp³-hybridized carbons (Fsp3) is 0.261. The topological polar surface area (TPSA) is 99.0 Å². The van der Waals surface area contributed by atoms with Crippen molar-refractivity contribution >= 4 is 39.9 Å². The summed E-state index contributed by atoms with van der Waals surface area (Å²) in [4.78, 5) is 30.2.